The van der Waals surface area contributed by atoms with Gasteiger partial charge in [0.1, 0.15) is 11.6 Å². The summed E-state index contributed by atoms with van der Waals surface area (Å²) in [5.74, 6) is 2.62. The van der Waals surface area contributed by atoms with Gasteiger partial charge in [-0.3, -0.25) is 4.90 Å². The van der Waals surface area contributed by atoms with E-state index in [1.165, 1.54) is 24.8 Å². The van der Waals surface area contributed by atoms with Gasteiger partial charge in [-0.15, -0.1) is 10.2 Å². The molecule has 0 saturated carbocycles. The van der Waals surface area contributed by atoms with Crippen LogP contribution in [0.5, 0.6) is 5.75 Å². The molecule has 0 bridgehead atoms. The number of hydrogen-bond acceptors (Lipinski definition) is 6. The molecule has 3 heterocycles. The Labute approximate surface area is 197 Å². The first-order valence-corrected chi connectivity index (χ1v) is 12.5. The summed E-state index contributed by atoms with van der Waals surface area (Å²) in [5, 5.41) is 10.8. The van der Waals surface area contributed by atoms with Gasteiger partial charge in [-0.05, 0) is 43.6 Å². The van der Waals surface area contributed by atoms with Gasteiger partial charge in [-0.25, -0.2) is 0 Å². The Kier molecular flexibility index (Phi) is 6.97. The molecular weight excluding hydrogens is 444 g/mol. The van der Waals surface area contributed by atoms with Crippen LogP contribution in [0.2, 0.25) is 5.02 Å². The number of nitrogens with zero attached hydrogens (tertiary/aromatic N) is 4. The summed E-state index contributed by atoms with van der Waals surface area (Å²) in [4.78, 5) is 2.49. The second-order valence-electron chi connectivity index (χ2n) is 8.26. The van der Waals surface area contributed by atoms with Crippen molar-refractivity contribution in [2.24, 2.45) is 0 Å². The van der Waals surface area contributed by atoms with E-state index in [4.69, 9.17) is 21.1 Å². The van der Waals surface area contributed by atoms with E-state index >= 15 is 0 Å². The summed E-state index contributed by atoms with van der Waals surface area (Å²) >= 11 is 8.03. The van der Waals surface area contributed by atoms with Crippen LogP contribution in [0.15, 0.2) is 47.6 Å². The summed E-state index contributed by atoms with van der Waals surface area (Å²) in [5.41, 5.74) is 3.30. The van der Waals surface area contributed by atoms with Gasteiger partial charge < -0.3 is 14.0 Å². The molecule has 0 spiro atoms. The van der Waals surface area contributed by atoms with Gasteiger partial charge in [0.05, 0.1) is 19.7 Å². The van der Waals surface area contributed by atoms with Gasteiger partial charge in [-0.2, -0.15) is 0 Å². The Morgan fingerprint density at radius 3 is 2.69 bits per heavy atom. The fraction of sp³-hybridized carbons (Fsp3) is 0.417. The van der Waals surface area contributed by atoms with Crippen molar-refractivity contribution >= 4 is 23.4 Å². The number of likely N-dealkylation sites (tertiary alicyclic amines) is 1. The summed E-state index contributed by atoms with van der Waals surface area (Å²) in [6, 6.07) is 14.4. The second kappa shape index (κ2) is 10.3. The molecule has 2 aliphatic rings. The van der Waals surface area contributed by atoms with Crippen LogP contribution >= 0.6 is 23.4 Å². The van der Waals surface area contributed by atoms with Crippen LogP contribution in [0.25, 0.3) is 0 Å². The third-order valence-corrected chi connectivity index (χ3v) is 7.13. The Balaban J connectivity index is 1.39. The summed E-state index contributed by atoms with van der Waals surface area (Å²) in [6.07, 6.45) is 3.85. The lowest BCUT2D eigenvalue weighted by Crippen LogP contribution is -2.30. The molecule has 1 aromatic heterocycles. The van der Waals surface area contributed by atoms with Gasteiger partial charge in [0.2, 0.25) is 0 Å². The van der Waals surface area contributed by atoms with Crippen LogP contribution in [-0.2, 0) is 30.2 Å². The zero-order valence-corrected chi connectivity index (χ0v) is 19.6. The molecule has 5 rings (SSSR count). The van der Waals surface area contributed by atoms with Crippen LogP contribution in [0, 0.1) is 0 Å². The minimum atomic E-state index is 0.274. The normalized spacial score (nSPS) is 16.5. The molecule has 8 heteroatoms. The Bertz CT molecular complexity index is 1050. The third kappa shape index (κ3) is 5.12. The highest BCUT2D eigenvalue weighted by atomic mass is 35.5. The van der Waals surface area contributed by atoms with Crippen molar-refractivity contribution in [3.63, 3.8) is 0 Å². The highest BCUT2D eigenvalue weighted by Gasteiger charge is 2.20. The zero-order chi connectivity index (χ0) is 21.8. The van der Waals surface area contributed by atoms with Crippen molar-refractivity contribution in [1.82, 2.24) is 19.7 Å². The van der Waals surface area contributed by atoms with Crippen LogP contribution in [-0.4, -0.2) is 39.5 Å². The lowest BCUT2D eigenvalue weighted by molar-refractivity contribution is -0.0168. The highest BCUT2D eigenvalue weighted by Crippen LogP contribution is 2.35. The van der Waals surface area contributed by atoms with Crippen LogP contribution in [0.1, 0.15) is 41.8 Å². The minimum absolute atomic E-state index is 0.274. The van der Waals surface area contributed by atoms with Gasteiger partial charge >= 0.3 is 0 Å². The van der Waals surface area contributed by atoms with E-state index in [0.717, 1.165) is 54.0 Å². The fourth-order valence-electron chi connectivity index (χ4n) is 4.29. The van der Waals surface area contributed by atoms with Crippen molar-refractivity contribution in [1.29, 1.82) is 0 Å². The molecule has 3 aromatic rings. The predicted molar refractivity (Wildman–Crippen MR) is 126 cm³/mol. The topological polar surface area (TPSA) is 52.4 Å². The number of halogens is 1. The molecule has 0 aliphatic carbocycles. The largest absolute Gasteiger partial charge is 0.467 e. The average Bonchev–Trinajstić information content (AvgIpc) is 3.19. The van der Waals surface area contributed by atoms with E-state index in [-0.39, 0.29) is 6.79 Å². The SMILES string of the molecule is Clc1cc2c(c(CSc3nnc(CN4CCCCC4)n3Cc3ccccc3)c1)OCOC2. The molecule has 2 aromatic carbocycles. The van der Waals surface area contributed by atoms with Gasteiger partial charge in [-0.1, -0.05) is 60.1 Å². The number of ether oxygens (including phenoxy) is 2. The molecule has 168 valence electrons. The minimum Gasteiger partial charge on any atom is -0.467 e. The molecule has 1 saturated heterocycles. The summed E-state index contributed by atoms with van der Waals surface area (Å²) < 4.78 is 13.5. The lowest BCUT2D eigenvalue weighted by Gasteiger charge is -2.26. The van der Waals surface area contributed by atoms with Crippen LogP contribution in [0.3, 0.4) is 0 Å². The number of hydrogen-bond donors (Lipinski definition) is 0. The second-order valence-corrected chi connectivity index (χ2v) is 9.64. The number of fused-ring (bicyclic) bond motifs is 1. The average molecular weight is 471 g/mol. The van der Waals surface area contributed by atoms with Crippen LogP contribution < -0.4 is 4.74 Å². The van der Waals surface area contributed by atoms with Gasteiger partial charge in [0, 0.05) is 21.9 Å². The summed E-state index contributed by atoms with van der Waals surface area (Å²) in [6.45, 7) is 4.67. The number of thioether (sulfide) groups is 1. The van der Waals surface area contributed by atoms with E-state index in [9.17, 15) is 0 Å². The first-order chi connectivity index (χ1) is 15.8. The van der Waals surface area contributed by atoms with E-state index in [1.54, 1.807) is 11.8 Å². The predicted octanol–water partition coefficient (Wildman–Crippen LogP) is 5.12. The molecule has 0 amide bonds. The van der Waals surface area contributed by atoms with Crippen molar-refractivity contribution in [3.8, 4) is 5.75 Å². The van der Waals surface area contributed by atoms with Crippen molar-refractivity contribution in [2.45, 2.75) is 49.9 Å². The Hall–Kier alpha value is -2.06. The van der Waals surface area contributed by atoms with Gasteiger partial charge in [0.25, 0.3) is 0 Å². The van der Waals surface area contributed by atoms with Crippen molar-refractivity contribution < 1.29 is 9.47 Å². The monoisotopic (exact) mass is 470 g/mol. The number of benzene rings is 2. The quantitative estimate of drug-likeness (QED) is 0.446. The highest BCUT2D eigenvalue weighted by molar-refractivity contribution is 7.98. The standard InChI is InChI=1S/C24H27ClN4O2S/c25-21-11-19-15-30-17-31-23(19)20(12-21)16-32-24-27-26-22(14-28-9-5-2-6-10-28)29(24)13-18-7-3-1-4-8-18/h1,3-4,7-8,11-12H,2,5-6,9-10,13-17H2. The molecular formula is C24H27ClN4O2S. The van der Waals surface area contributed by atoms with Gasteiger partial charge in [0.15, 0.2) is 11.9 Å². The molecule has 32 heavy (non-hydrogen) atoms. The van der Waals surface area contributed by atoms with Crippen molar-refractivity contribution in [3.05, 3.63) is 70.0 Å². The molecule has 0 N–H and O–H groups in total. The maximum absolute atomic E-state index is 6.36. The van der Waals surface area contributed by atoms with E-state index in [1.807, 2.05) is 18.2 Å². The fourth-order valence-corrected chi connectivity index (χ4v) is 5.48. The summed E-state index contributed by atoms with van der Waals surface area (Å²) in [7, 11) is 0. The number of rotatable bonds is 7. The molecule has 2 aliphatic heterocycles. The molecule has 0 radical (unpaired) electrons. The van der Waals surface area contributed by atoms with E-state index in [0.29, 0.717) is 17.4 Å². The maximum Gasteiger partial charge on any atom is 0.191 e. The Morgan fingerprint density at radius 2 is 1.84 bits per heavy atom. The van der Waals surface area contributed by atoms with Crippen LogP contribution in [0.4, 0.5) is 0 Å². The molecule has 0 atom stereocenters. The molecule has 0 unspecified atom stereocenters. The number of aromatic nitrogens is 3. The Morgan fingerprint density at radius 1 is 1.00 bits per heavy atom. The zero-order valence-electron chi connectivity index (χ0n) is 18.0. The molecule has 6 nitrogen and oxygen atoms in total. The maximum atomic E-state index is 6.36. The van der Waals surface area contributed by atoms with E-state index < -0.39 is 0 Å². The smallest absolute Gasteiger partial charge is 0.191 e. The van der Waals surface area contributed by atoms with Crippen molar-refractivity contribution in [2.75, 3.05) is 19.9 Å². The first kappa shape index (κ1) is 21.8. The van der Waals surface area contributed by atoms with E-state index in [2.05, 4.69) is 43.9 Å². The lowest BCUT2D eigenvalue weighted by atomic mass is 10.1. The number of piperidine rings is 1. The molecule has 1 fully saturated rings. The first-order valence-electron chi connectivity index (χ1n) is 11.1. The third-order valence-electron chi connectivity index (χ3n) is 5.90.